The van der Waals surface area contributed by atoms with E-state index in [0.717, 1.165) is 10.8 Å². The molecule has 0 atom stereocenters. The quantitative estimate of drug-likeness (QED) is 0.682. The first-order valence-corrected chi connectivity index (χ1v) is 5.94. The molecule has 0 unspecified atom stereocenters. The van der Waals surface area contributed by atoms with Gasteiger partial charge in [0, 0.05) is 12.7 Å². The molecule has 2 rings (SSSR count). The van der Waals surface area contributed by atoms with Gasteiger partial charge in [-0.2, -0.15) is 0 Å². The second kappa shape index (κ2) is 5.98. The maximum atomic E-state index is 12.2. The predicted octanol–water partition coefficient (Wildman–Crippen LogP) is -0.752. The van der Waals surface area contributed by atoms with Crippen LogP contribution in [0.3, 0.4) is 0 Å². The molecule has 0 aliphatic rings. The van der Waals surface area contributed by atoms with E-state index in [1.165, 1.54) is 0 Å². The fraction of sp³-hybridized carbons (Fsp3) is 0.154. The lowest BCUT2D eigenvalue weighted by Crippen LogP contribution is -2.40. The van der Waals surface area contributed by atoms with Gasteiger partial charge in [-0.1, -0.05) is 18.2 Å². The van der Waals surface area contributed by atoms with Crippen molar-refractivity contribution in [3.63, 3.8) is 0 Å². The minimum absolute atomic E-state index is 0.0305. The first-order chi connectivity index (χ1) is 9.65. The molecule has 0 aliphatic heterocycles. The summed E-state index contributed by atoms with van der Waals surface area (Å²) in [6.45, 7) is -0.204. The first-order valence-electron chi connectivity index (χ1n) is 5.94. The number of aliphatic hydroxyl groups excluding tert-OH is 1. The Bertz CT molecular complexity index is 718. The van der Waals surface area contributed by atoms with E-state index >= 15 is 0 Å². The minimum Gasteiger partial charge on any atom is -0.395 e. The van der Waals surface area contributed by atoms with Crippen LogP contribution in [0.5, 0.6) is 0 Å². The number of aromatic nitrogens is 2. The van der Waals surface area contributed by atoms with E-state index in [1.807, 2.05) is 0 Å². The third-order valence-corrected chi connectivity index (χ3v) is 2.63. The number of rotatable bonds is 4. The van der Waals surface area contributed by atoms with Crippen molar-refractivity contribution in [1.29, 1.82) is 0 Å². The Morgan fingerprint density at radius 1 is 1.25 bits per heavy atom. The second-order valence-corrected chi connectivity index (χ2v) is 3.96. The van der Waals surface area contributed by atoms with Gasteiger partial charge in [0.25, 0.3) is 11.5 Å². The maximum absolute atomic E-state index is 12.2. The van der Waals surface area contributed by atoms with Crippen LogP contribution in [-0.4, -0.2) is 33.7 Å². The van der Waals surface area contributed by atoms with Gasteiger partial charge in [-0.25, -0.2) is 9.36 Å². The van der Waals surface area contributed by atoms with E-state index in [0.29, 0.717) is 5.69 Å². The van der Waals surface area contributed by atoms with Crippen LogP contribution < -0.4 is 16.6 Å². The molecule has 3 N–H and O–H groups in total. The lowest BCUT2D eigenvalue weighted by atomic mass is 10.3. The van der Waals surface area contributed by atoms with Crippen molar-refractivity contribution in [1.82, 2.24) is 14.9 Å². The summed E-state index contributed by atoms with van der Waals surface area (Å²) in [5, 5.41) is 11.0. The van der Waals surface area contributed by atoms with Gasteiger partial charge in [-0.15, -0.1) is 0 Å². The van der Waals surface area contributed by atoms with Gasteiger partial charge >= 0.3 is 5.69 Å². The molecule has 0 fully saturated rings. The fourth-order valence-corrected chi connectivity index (χ4v) is 1.71. The number of para-hydroxylation sites is 1. The number of aromatic amines is 1. The Morgan fingerprint density at radius 2 is 1.95 bits per heavy atom. The van der Waals surface area contributed by atoms with Crippen LogP contribution in [0.2, 0.25) is 0 Å². The zero-order chi connectivity index (χ0) is 14.5. The standard InChI is InChI=1S/C13H13N3O4/c17-7-6-14-11(18)10-8-15-13(20)16(12(10)19)9-4-2-1-3-5-9/h1-5,8,17H,6-7H2,(H,14,18)(H,15,20). The van der Waals surface area contributed by atoms with Gasteiger partial charge < -0.3 is 15.4 Å². The number of amides is 1. The van der Waals surface area contributed by atoms with Crippen molar-refractivity contribution >= 4 is 5.91 Å². The molecule has 0 radical (unpaired) electrons. The Morgan fingerprint density at radius 3 is 2.60 bits per heavy atom. The summed E-state index contributed by atoms with van der Waals surface area (Å²) in [5.74, 6) is -0.648. The van der Waals surface area contributed by atoms with E-state index in [-0.39, 0.29) is 18.7 Å². The minimum atomic E-state index is -0.713. The zero-order valence-electron chi connectivity index (χ0n) is 10.5. The van der Waals surface area contributed by atoms with Gasteiger partial charge in [-0.3, -0.25) is 9.59 Å². The summed E-state index contributed by atoms with van der Waals surface area (Å²) < 4.78 is 0.883. The third kappa shape index (κ3) is 2.67. The van der Waals surface area contributed by atoms with Crippen LogP contribution >= 0.6 is 0 Å². The Kier molecular flexibility index (Phi) is 4.11. The normalized spacial score (nSPS) is 10.2. The third-order valence-electron chi connectivity index (χ3n) is 2.63. The van der Waals surface area contributed by atoms with E-state index in [2.05, 4.69) is 10.3 Å². The molecule has 7 heteroatoms. The van der Waals surface area contributed by atoms with Crippen LogP contribution in [-0.2, 0) is 0 Å². The van der Waals surface area contributed by atoms with Crippen molar-refractivity contribution in [2.24, 2.45) is 0 Å². The number of nitrogens with zero attached hydrogens (tertiary/aromatic N) is 1. The highest BCUT2D eigenvalue weighted by molar-refractivity contribution is 5.93. The van der Waals surface area contributed by atoms with Crippen LogP contribution in [0.4, 0.5) is 0 Å². The number of hydrogen-bond acceptors (Lipinski definition) is 4. The number of nitrogens with one attached hydrogen (secondary N) is 2. The molecule has 1 amide bonds. The van der Waals surface area contributed by atoms with Crippen molar-refractivity contribution in [2.45, 2.75) is 0 Å². The molecule has 1 heterocycles. The summed E-state index contributed by atoms with van der Waals surface area (Å²) in [6.07, 6.45) is 1.07. The zero-order valence-corrected chi connectivity index (χ0v) is 10.5. The molecule has 7 nitrogen and oxygen atoms in total. The van der Waals surface area contributed by atoms with Crippen LogP contribution in [0.1, 0.15) is 10.4 Å². The van der Waals surface area contributed by atoms with Gasteiger partial charge in [0.1, 0.15) is 5.56 Å². The second-order valence-electron chi connectivity index (χ2n) is 3.96. The fourth-order valence-electron chi connectivity index (χ4n) is 1.71. The van der Waals surface area contributed by atoms with Crippen molar-refractivity contribution in [3.05, 3.63) is 62.9 Å². The van der Waals surface area contributed by atoms with E-state index in [4.69, 9.17) is 5.11 Å². The summed E-state index contributed by atoms with van der Waals surface area (Å²) in [5.41, 5.74) is -1.16. The number of aliphatic hydroxyl groups is 1. The van der Waals surface area contributed by atoms with Crippen LogP contribution in [0.25, 0.3) is 5.69 Å². The summed E-state index contributed by atoms with van der Waals surface area (Å²) in [4.78, 5) is 38.1. The molecule has 0 saturated carbocycles. The smallest absolute Gasteiger partial charge is 0.333 e. The lowest BCUT2D eigenvalue weighted by Gasteiger charge is -2.07. The van der Waals surface area contributed by atoms with Gasteiger partial charge in [0.2, 0.25) is 0 Å². The number of carbonyl (C=O) groups excluding carboxylic acids is 1. The molecule has 20 heavy (non-hydrogen) atoms. The highest BCUT2D eigenvalue weighted by Crippen LogP contribution is 2.00. The molecule has 0 spiro atoms. The number of benzene rings is 1. The molecule has 0 aliphatic carbocycles. The molecule has 2 aromatic rings. The summed E-state index contributed by atoms with van der Waals surface area (Å²) in [6, 6.07) is 8.29. The summed E-state index contributed by atoms with van der Waals surface area (Å²) in [7, 11) is 0. The molecule has 1 aromatic carbocycles. The van der Waals surface area contributed by atoms with Gasteiger partial charge in [0.05, 0.1) is 12.3 Å². The topological polar surface area (TPSA) is 104 Å². The van der Waals surface area contributed by atoms with Crippen molar-refractivity contribution in [3.8, 4) is 5.69 Å². The predicted molar refractivity (Wildman–Crippen MR) is 72.1 cm³/mol. The van der Waals surface area contributed by atoms with E-state index in [9.17, 15) is 14.4 Å². The lowest BCUT2D eigenvalue weighted by molar-refractivity contribution is 0.0942. The number of H-pyrrole nitrogens is 1. The Balaban J connectivity index is 2.52. The monoisotopic (exact) mass is 275 g/mol. The first kappa shape index (κ1) is 13.8. The van der Waals surface area contributed by atoms with Crippen molar-refractivity contribution in [2.75, 3.05) is 13.2 Å². The molecule has 0 saturated heterocycles. The van der Waals surface area contributed by atoms with Crippen molar-refractivity contribution < 1.29 is 9.90 Å². The average molecular weight is 275 g/mol. The maximum Gasteiger partial charge on any atom is 0.333 e. The number of carbonyl (C=O) groups is 1. The number of hydrogen-bond donors (Lipinski definition) is 3. The molecular weight excluding hydrogens is 262 g/mol. The molecule has 1 aromatic heterocycles. The molecular formula is C13H13N3O4. The van der Waals surface area contributed by atoms with E-state index in [1.54, 1.807) is 30.3 Å². The summed E-state index contributed by atoms with van der Waals surface area (Å²) >= 11 is 0. The van der Waals surface area contributed by atoms with Gasteiger partial charge in [-0.05, 0) is 12.1 Å². The molecule has 104 valence electrons. The highest BCUT2D eigenvalue weighted by atomic mass is 16.3. The molecule has 0 bridgehead atoms. The Hall–Kier alpha value is -2.67. The average Bonchev–Trinajstić information content (AvgIpc) is 2.46. The van der Waals surface area contributed by atoms with Crippen LogP contribution in [0, 0.1) is 0 Å². The SMILES string of the molecule is O=C(NCCO)c1c[nH]c(=O)n(-c2ccccc2)c1=O. The largest absolute Gasteiger partial charge is 0.395 e. The highest BCUT2D eigenvalue weighted by Gasteiger charge is 2.14. The Labute approximate surface area is 113 Å². The van der Waals surface area contributed by atoms with Gasteiger partial charge in [0.15, 0.2) is 0 Å². The van der Waals surface area contributed by atoms with Crippen LogP contribution in [0.15, 0.2) is 46.1 Å². The van der Waals surface area contributed by atoms with E-state index < -0.39 is 17.2 Å².